The van der Waals surface area contributed by atoms with Crippen molar-refractivity contribution in [1.29, 1.82) is 5.26 Å². The van der Waals surface area contributed by atoms with Gasteiger partial charge in [0.05, 0.1) is 15.5 Å². The molecule has 0 radical (unpaired) electrons. The van der Waals surface area contributed by atoms with Gasteiger partial charge in [-0.1, -0.05) is 46.4 Å². The van der Waals surface area contributed by atoms with Gasteiger partial charge < -0.3 is 5.11 Å². The molecule has 0 unspecified atom stereocenters. The van der Waals surface area contributed by atoms with Gasteiger partial charge in [0.2, 0.25) is 0 Å². The van der Waals surface area contributed by atoms with Crippen LogP contribution < -0.4 is 0 Å². The average molecular weight is 468 g/mol. The maximum Gasteiger partial charge on any atom is 0.416 e. The summed E-state index contributed by atoms with van der Waals surface area (Å²) in [5.74, 6) is -0.839. The molecule has 12 heteroatoms. The fourth-order valence-corrected chi connectivity index (χ4v) is 4.09. The number of nitriles is 1. The molecular weight excluding hydrogens is 462 g/mol. The van der Waals surface area contributed by atoms with Crippen LogP contribution in [-0.4, -0.2) is 13.6 Å². The van der Waals surface area contributed by atoms with E-state index in [0.29, 0.717) is 12.1 Å². The largest absolute Gasteiger partial charge is 0.506 e. The Hall–Kier alpha value is -0.980. The lowest BCUT2D eigenvalue weighted by molar-refractivity contribution is -0.137. The fraction of sp³-hybridized carbons (Fsp3) is 0.214. The van der Waals surface area contributed by atoms with Crippen LogP contribution in [0.2, 0.25) is 10.2 Å². The number of aromatic hydroxyl groups is 1. The van der Waals surface area contributed by atoms with E-state index in [2.05, 4.69) is 0 Å². The number of phenols is 1. The molecule has 1 aromatic carbocycles. The highest BCUT2D eigenvalue weighted by molar-refractivity contribution is 8.03. The van der Waals surface area contributed by atoms with Gasteiger partial charge in [0, 0.05) is 5.69 Å². The Morgan fingerprint density at radius 3 is 2.19 bits per heavy atom. The molecule has 26 heavy (non-hydrogen) atoms. The van der Waals surface area contributed by atoms with E-state index in [0.717, 1.165) is 4.57 Å². The molecule has 0 fully saturated rings. The van der Waals surface area contributed by atoms with Gasteiger partial charge in [-0.3, -0.25) is 4.57 Å². The highest BCUT2D eigenvalue weighted by Crippen LogP contribution is 2.48. The Morgan fingerprint density at radius 1 is 1.19 bits per heavy atom. The molecular formula is C14H6Cl4F4N2OS. The van der Waals surface area contributed by atoms with Crippen LogP contribution in [0.5, 0.6) is 5.75 Å². The standard InChI is InChI=1S/C14H6Cl4F4N2OS/c1-5-11(26-14(17,18)22)7(4-23)12(16)24(5)10-8(15)2-6(3-9(10)25)13(19,20)21/h2-3,25H,1H3. The minimum atomic E-state index is -4.74. The van der Waals surface area contributed by atoms with E-state index in [1.54, 1.807) is 6.07 Å². The van der Waals surface area contributed by atoms with E-state index in [1.807, 2.05) is 0 Å². The molecule has 3 nitrogen and oxygen atoms in total. The lowest BCUT2D eigenvalue weighted by Gasteiger charge is -2.16. The van der Waals surface area contributed by atoms with E-state index >= 15 is 0 Å². The van der Waals surface area contributed by atoms with Crippen molar-refractivity contribution in [3.63, 3.8) is 0 Å². The van der Waals surface area contributed by atoms with Crippen LogP contribution >= 0.6 is 58.2 Å². The lowest BCUT2D eigenvalue weighted by Crippen LogP contribution is -2.07. The summed E-state index contributed by atoms with van der Waals surface area (Å²) < 4.78 is 50.3. The first-order chi connectivity index (χ1) is 11.8. The molecule has 2 rings (SSSR count). The molecule has 1 aromatic heterocycles. The highest BCUT2D eigenvalue weighted by atomic mass is 35.5. The quantitative estimate of drug-likeness (QED) is 0.305. The maximum atomic E-state index is 13.6. The van der Waals surface area contributed by atoms with E-state index in [4.69, 9.17) is 46.4 Å². The topological polar surface area (TPSA) is 49.0 Å². The normalized spacial score (nSPS) is 12.3. The molecule has 0 bridgehead atoms. The lowest BCUT2D eigenvalue weighted by atomic mass is 10.1. The molecule has 0 aliphatic rings. The van der Waals surface area contributed by atoms with Crippen molar-refractivity contribution in [2.24, 2.45) is 0 Å². The summed E-state index contributed by atoms with van der Waals surface area (Å²) in [7, 11) is 0. The predicted octanol–water partition coefficient (Wildman–Crippen LogP) is 6.84. The Labute approximate surface area is 169 Å². The second-order valence-electron chi connectivity index (χ2n) is 4.90. The van der Waals surface area contributed by atoms with Gasteiger partial charge in [0.15, 0.2) is 0 Å². The van der Waals surface area contributed by atoms with Gasteiger partial charge in [0.1, 0.15) is 28.2 Å². The Kier molecular flexibility index (Phi) is 5.91. The van der Waals surface area contributed by atoms with E-state index in [9.17, 15) is 27.9 Å². The fourth-order valence-electron chi connectivity index (χ4n) is 2.21. The van der Waals surface area contributed by atoms with Crippen molar-refractivity contribution in [2.75, 3.05) is 0 Å². The van der Waals surface area contributed by atoms with Crippen molar-refractivity contribution >= 4 is 58.2 Å². The summed E-state index contributed by atoms with van der Waals surface area (Å²) in [6.07, 6.45) is -4.74. The second-order valence-corrected chi connectivity index (χ2v) is 8.52. The van der Waals surface area contributed by atoms with Crippen LogP contribution in [0.1, 0.15) is 16.8 Å². The van der Waals surface area contributed by atoms with Gasteiger partial charge in [-0.25, -0.2) is 0 Å². The van der Waals surface area contributed by atoms with E-state index in [1.165, 1.54) is 6.92 Å². The molecule has 0 atom stereocenters. The maximum absolute atomic E-state index is 13.6. The minimum absolute atomic E-state index is 0.0552. The first-order valence-electron chi connectivity index (χ1n) is 6.44. The molecule has 2 aromatic rings. The van der Waals surface area contributed by atoms with Gasteiger partial charge in [-0.15, -0.1) is 0 Å². The predicted molar refractivity (Wildman–Crippen MR) is 93.3 cm³/mol. The number of alkyl halides is 6. The molecule has 0 aliphatic carbocycles. The Morgan fingerprint density at radius 2 is 1.77 bits per heavy atom. The van der Waals surface area contributed by atoms with Gasteiger partial charge in [-0.2, -0.15) is 22.8 Å². The molecule has 0 saturated carbocycles. The first-order valence-corrected chi connectivity index (χ1v) is 8.77. The average Bonchev–Trinajstić information content (AvgIpc) is 2.68. The minimum Gasteiger partial charge on any atom is -0.506 e. The Balaban J connectivity index is 2.77. The SMILES string of the molecule is Cc1c(SC(F)(Cl)Cl)c(C#N)c(Cl)n1-c1c(O)cc(C(F)(F)F)cc1Cl. The van der Waals surface area contributed by atoms with Gasteiger partial charge >= 0.3 is 10.1 Å². The monoisotopic (exact) mass is 466 g/mol. The third-order valence-electron chi connectivity index (χ3n) is 3.22. The summed E-state index contributed by atoms with van der Waals surface area (Å²) in [6, 6.07) is 2.78. The van der Waals surface area contributed by atoms with Crippen molar-refractivity contribution in [3.05, 3.63) is 39.1 Å². The summed E-state index contributed by atoms with van der Waals surface area (Å²) in [5, 5.41) is 18.5. The number of rotatable bonds is 3. The number of phenolic OH excluding ortho intramolecular Hbond substituents is 1. The third kappa shape index (κ3) is 4.12. The van der Waals surface area contributed by atoms with Crippen LogP contribution in [0, 0.1) is 18.3 Å². The number of hydrogen-bond acceptors (Lipinski definition) is 3. The number of halogens is 8. The number of hydrogen-bond donors (Lipinski definition) is 1. The molecule has 0 aliphatic heterocycles. The van der Waals surface area contributed by atoms with Crippen LogP contribution in [0.4, 0.5) is 17.6 Å². The van der Waals surface area contributed by atoms with Crippen molar-refractivity contribution in [1.82, 2.24) is 4.57 Å². The number of thioether (sulfide) groups is 1. The number of nitrogens with zero attached hydrogens (tertiary/aromatic N) is 2. The van der Waals surface area contributed by atoms with Crippen LogP contribution in [0.3, 0.4) is 0 Å². The van der Waals surface area contributed by atoms with Crippen molar-refractivity contribution in [3.8, 4) is 17.5 Å². The summed E-state index contributed by atoms with van der Waals surface area (Å²) in [4.78, 5) is -0.0552. The number of aromatic nitrogens is 1. The zero-order valence-corrected chi connectivity index (χ0v) is 16.3. The number of benzene rings is 1. The van der Waals surface area contributed by atoms with Crippen LogP contribution in [0.15, 0.2) is 17.0 Å². The molecule has 0 spiro atoms. The van der Waals surface area contributed by atoms with Gasteiger partial charge in [0.25, 0.3) is 0 Å². The van der Waals surface area contributed by atoms with Crippen LogP contribution in [0.25, 0.3) is 5.69 Å². The van der Waals surface area contributed by atoms with Crippen LogP contribution in [-0.2, 0) is 6.18 Å². The highest BCUT2D eigenvalue weighted by Gasteiger charge is 2.34. The third-order valence-corrected chi connectivity index (χ3v) is 5.26. The smallest absolute Gasteiger partial charge is 0.416 e. The molecule has 0 amide bonds. The van der Waals surface area contributed by atoms with Crippen molar-refractivity contribution < 1.29 is 22.7 Å². The second kappa shape index (κ2) is 7.21. The summed E-state index contributed by atoms with van der Waals surface area (Å²) >= 11 is 22.9. The van der Waals surface area contributed by atoms with E-state index in [-0.39, 0.29) is 38.8 Å². The van der Waals surface area contributed by atoms with Crippen molar-refractivity contribution in [2.45, 2.75) is 21.9 Å². The molecule has 1 N–H and O–H groups in total. The summed E-state index contributed by atoms with van der Waals surface area (Å²) in [6.45, 7) is 1.38. The first kappa shape index (κ1) is 21.3. The summed E-state index contributed by atoms with van der Waals surface area (Å²) in [5.41, 5.74) is -1.62. The molecule has 140 valence electrons. The van der Waals surface area contributed by atoms with Gasteiger partial charge in [-0.05, 0) is 30.8 Å². The molecule has 0 saturated heterocycles. The molecule has 1 heterocycles. The zero-order valence-electron chi connectivity index (χ0n) is 12.4. The Bertz CT molecular complexity index is 893. The zero-order chi connectivity index (χ0) is 20.0. The van der Waals surface area contributed by atoms with E-state index < -0.39 is 26.4 Å².